The van der Waals surface area contributed by atoms with Crippen molar-refractivity contribution in [1.29, 1.82) is 5.26 Å². The summed E-state index contributed by atoms with van der Waals surface area (Å²) in [6.45, 7) is 0.642. The standard InChI is InChI=1S/C19H16F3N3O5S/c1-2-29-18(28)15-13(12(7-23)16(24)31-15)9-30-14(26)8-25-17(27)10-3-5-11(6-4-10)19(20,21)22/h3-6H,2,8-9,24H2,1H3,(H,25,27). The van der Waals surface area contributed by atoms with Crippen molar-refractivity contribution >= 4 is 34.2 Å². The molecule has 0 unspecified atom stereocenters. The molecule has 1 aromatic carbocycles. The molecule has 8 nitrogen and oxygen atoms in total. The zero-order chi connectivity index (χ0) is 23.2. The van der Waals surface area contributed by atoms with E-state index in [1.54, 1.807) is 6.92 Å². The molecule has 1 aromatic heterocycles. The minimum atomic E-state index is -4.53. The lowest BCUT2D eigenvalue weighted by Gasteiger charge is -2.09. The van der Waals surface area contributed by atoms with Crippen LogP contribution in [0.3, 0.4) is 0 Å². The number of hydrogen-bond acceptors (Lipinski definition) is 8. The molecule has 0 aliphatic carbocycles. The monoisotopic (exact) mass is 455 g/mol. The van der Waals surface area contributed by atoms with E-state index in [1.165, 1.54) is 0 Å². The minimum Gasteiger partial charge on any atom is -0.462 e. The van der Waals surface area contributed by atoms with Crippen LogP contribution < -0.4 is 11.1 Å². The first kappa shape index (κ1) is 23.7. The van der Waals surface area contributed by atoms with E-state index in [0.29, 0.717) is 0 Å². The minimum absolute atomic E-state index is 0.0188. The Morgan fingerprint density at radius 3 is 2.39 bits per heavy atom. The number of ether oxygens (including phenoxy) is 2. The van der Waals surface area contributed by atoms with Crippen molar-refractivity contribution in [2.75, 3.05) is 18.9 Å². The number of nitrogens with two attached hydrogens (primary N) is 1. The van der Waals surface area contributed by atoms with Crippen LogP contribution in [0.5, 0.6) is 0 Å². The van der Waals surface area contributed by atoms with Crippen LogP contribution in [-0.2, 0) is 27.1 Å². The number of halogens is 3. The molecule has 31 heavy (non-hydrogen) atoms. The number of nitrogens with one attached hydrogen (secondary N) is 1. The number of nitrogen functional groups attached to an aromatic ring is 1. The maximum absolute atomic E-state index is 12.6. The van der Waals surface area contributed by atoms with E-state index in [9.17, 15) is 32.8 Å². The molecule has 2 rings (SSSR count). The fourth-order valence-electron chi connectivity index (χ4n) is 2.38. The summed E-state index contributed by atoms with van der Waals surface area (Å²) in [6, 6.07) is 5.27. The summed E-state index contributed by atoms with van der Waals surface area (Å²) >= 11 is 0.823. The highest BCUT2D eigenvalue weighted by Crippen LogP contribution is 2.32. The number of rotatable bonds is 7. The Morgan fingerprint density at radius 1 is 1.19 bits per heavy atom. The number of carbonyl (C=O) groups excluding carboxylic acids is 3. The first-order chi connectivity index (χ1) is 14.6. The van der Waals surface area contributed by atoms with Crippen molar-refractivity contribution < 1.29 is 37.0 Å². The van der Waals surface area contributed by atoms with Gasteiger partial charge in [0.2, 0.25) is 0 Å². The smallest absolute Gasteiger partial charge is 0.416 e. The SMILES string of the molecule is CCOC(=O)c1sc(N)c(C#N)c1COC(=O)CNC(=O)c1ccc(C(F)(F)F)cc1. The zero-order valence-corrected chi connectivity index (χ0v) is 16.9. The molecular formula is C19H16F3N3O5S. The normalized spacial score (nSPS) is 10.8. The highest BCUT2D eigenvalue weighted by Gasteiger charge is 2.30. The van der Waals surface area contributed by atoms with Crippen molar-refractivity contribution in [3.8, 4) is 6.07 Å². The average Bonchev–Trinajstić information content (AvgIpc) is 3.05. The van der Waals surface area contributed by atoms with E-state index in [0.717, 1.165) is 35.6 Å². The molecule has 12 heteroatoms. The number of carbonyl (C=O) groups is 3. The number of nitrogens with zero attached hydrogens (tertiary/aromatic N) is 1. The third-order valence-electron chi connectivity index (χ3n) is 3.85. The molecule has 0 saturated carbocycles. The fourth-order valence-corrected chi connectivity index (χ4v) is 3.29. The maximum Gasteiger partial charge on any atom is 0.416 e. The van der Waals surface area contributed by atoms with Gasteiger partial charge in [-0.15, -0.1) is 11.3 Å². The van der Waals surface area contributed by atoms with E-state index in [4.69, 9.17) is 15.2 Å². The molecular weight excluding hydrogens is 439 g/mol. The molecule has 164 valence electrons. The van der Waals surface area contributed by atoms with Gasteiger partial charge in [-0.25, -0.2) is 4.79 Å². The van der Waals surface area contributed by atoms with Gasteiger partial charge in [0.05, 0.1) is 17.7 Å². The second-order valence-electron chi connectivity index (χ2n) is 5.90. The molecule has 0 radical (unpaired) electrons. The largest absolute Gasteiger partial charge is 0.462 e. The van der Waals surface area contributed by atoms with Crippen LogP contribution in [0.2, 0.25) is 0 Å². The van der Waals surface area contributed by atoms with Crippen LogP contribution in [-0.4, -0.2) is 31.0 Å². The number of thiophene rings is 1. The summed E-state index contributed by atoms with van der Waals surface area (Å²) in [4.78, 5) is 36.0. The Balaban J connectivity index is 1.98. The summed E-state index contributed by atoms with van der Waals surface area (Å²) < 4.78 is 47.6. The fraction of sp³-hybridized carbons (Fsp3) is 0.263. The van der Waals surface area contributed by atoms with Crippen molar-refractivity contribution in [3.05, 3.63) is 51.4 Å². The summed E-state index contributed by atoms with van der Waals surface area (Å²) in [5.74, 6) is -2.40. The molecule has 0 saturated heterocycles. The molecule has 0 aliphatic heterocycles. The van der Waals surface area contributed by atoms with Gasteiger partial charge in [0.1, 0.15) is 29.1 Å². The molecule has 0 bridgehead atoms. The van der Waals surface area contributed by atoms with E-state index in [1.807, 2.05) is 6.07 Å². The van der Waals surface area contributed by atoms with E-state index in [-0.39, 0.29) is 33.2 Å². The molecule has 0 aliphatic rings. The summed E-state index contributed by atoms with van der Waals surface area (Å²) in [6.07, 6.45) is -4.53. The van der Waals surface area contributed by atoms with Crippen LogP contribution in [0.25, 0.3) is 0 Å². The highest BCUT2D eigenvalue weighted by atomic mass is 32.1. The summed E-state index contributed by atoms with van der Waals surface area (Å²) in [5.41, 5.74) is 4.79. The molecule has 0 fully saturated rings. The van der Waals surface area contributed by atoms with Crippen LogP contribution in [0.15, 0.2) is 24.3 Å². The highest BCUT2D eigenvalue weighted by molar-refractivity contribution is 7.18. The van der Waals surface area contributed by atoms with Gasteiger partial charge < -0.3 is 20.5 Å². The topological polar surface area (TPSA) is 132 Å². The number of anilines is 1. The van der Waals surface area contributed by atoms with Crippen LogP contribution >= 0.6 is 11.3 Å². The zero-order valence-electron chi connectivity index (χ0n) is 16.0. The van der Waals surface area contributed by atoms with E-state index < -0.39 is 42.7 Å². The lowest BCUT2D eigenvalue weighted by Crippen LogP contribution is -2.30. The lowest BCUT2D eigenvalue weighted by atomic mass is 10.1. The number of benzene rings is 1. The number of esters is 2. The Bertz CT molecular complexity index is 1030. The Labute approximate surface area is 178 Å². The molecule has 0 spiro atoms. The van der Waals surface area contributed by atoms with E-state index >= 15 is 0 Å². The average molecular weight is 455 g/mol. The number of nitriles is 1. The molecule has 1 heterocycles. The van der Waals surface area contributed by atoms with Gasteiger partial charge in [0, 0.05) is 11.1 Å². The van der Waals surface area contributed by atoms with E-state index in [2.05, 4.69) is 5.32 Å². The van der Waals surface area contributed by atoms with Crippen LogP contribution in [0, 0.1) is 11.3 Å². The quantitative estimate of drug-likeness (QED) is 0.614. The van der Waals surface area contributed by atoms with Crippen molar-refractivity contribution in [2.45, 2.75) is 19.7 Å². The van der Waals surface area contributed by atoms with Gasteiger partial charge >= 0.3 is 18.1 Å². The molecule has 1 amide bonds. The summed E-state index contributed by atoms with van der Waals surface area (Å²) in [7, 11) is 0. The Morgan fingerprint density at radius 2 is 1.84 bits per heavy atom. The van der Waals surface area contributed by atoms with Gasteiger partial charge in [-0.1, -0.05) is 0 Å². The van der Waals surface area contributed by atoms with Gasteiger partial charge in [-0.2, -0.15) is 18.4 Å². The summed E-state index contributed by atoms with van der Waals surface area (Å²) in [5, 5.41) is 11.5. The molecule has 0 atom stereocenters. The maximum atomic E-state index is 12.6. The predicted molar refractivity (Wildman–Crippen MR) is 103 cm³/mol. The Kier molecular flexibility index (Phi) is 7.60. The molecule has 3 N–H and O–H groups in total. The van der Waals surface area contributed by atoms with Gasteiger partial charge in [0.25, 0.3) is 5.91 Å². The third kappa shape index (κ3) is 5.95. The van der Waals surface area contributed by atoms with Gasteiger partial charge in [-0.05, 0) is 31.2 Å². The van der Waals surface area contributed by atoms with Crippen molar-refractivity contribution in [1.82, 2.24) is 5.32 Å². The van der Waals surface area contributed by atoms with Crippen molar-refractivity contribution in [3.63, 3.8) is 0 Å². The second-order valence-corrected chi connectivity index (χ2v) is 6.95. The Hall–Kier alpha value is -3.59. The van der Waals surface area contributed by atoms with Gasteiger partial charge in [0.15, 0.2) is 0 Å². The first-order valence-electron chi connectivity index (χ1n) is 8.67. The number of alkyl halides is 3. The van der Waals surface area contributed by atoms with Crippen LogP contribution in [0.4, 0.5) is 18.2 Å². The molecule has 2 aromatic rings. The van der Waals surface area contributed by atoms with Crippen molar-refractivity contribution in [2.24, 2.45) is 0 Å². The second kappa shape index (κ2) is 9.94. The first-order valence-corrected chi connectivity index (χ1v) is 9.49. The van der Waals surface area contributed by atoms with Gasteiger partial charge in [-0.3, -0.25) is 9.59 Å². The van der Waals surface area contributed by atoms with Crippen LogP contribution in [0.1, 0.15) is 43.6 Å². The number of hydrogen-bond donors (Lipinski definition) is 2. The third-order valence-corrected chi connectivity index (χ3v) is 4.89. The number of amides is 1. The lowest BCUT2D eigenvalue weighted by molar-refractivity contribution is -0.143. The predicted octanol–water partition coefficient (Wildman–Crippen LogP) is 2.87.